The molecule has 2 nitrogen and oxygen atoms in total. The average molecular weight is 140 g/mol. The molecule has 0 fully saturated rings. The van der Waals surface area contributed by atoms with Gasteiger partial charge in [-0.2, -0.15) is 0 Å². The van der Waals surface area contributed by atoms with E-state index in [0.717, 1.165) is 0 Å². The highest BCUT2D eigenvalue weighted by Crippen LogP contribution is 1.94. The van der Waals surface area contributed by atoms with Crippen LogP contribution >= 0.6 is 0 Å². The van der Waals surface area contributed by atoms with E-state index >= 15 is 0 Å². The van der Waals surface area contributed by atoms with Gasteiger partial charge in [0, 0.05) is 6.61 Å². The van der Waals surface area contributed by atoms with Crippen molar-refractivity contribution in [1.29, 1.82) is 0 Å². The quantitative estimate of drug-likeness (QED) is 0.544. The van der Waals surface area contributed by atoms with Gasteiger partial charge in [-0.15, -0.1) is 6.42 Å². The lowest BCUT2D eigenvalue weighted by molar-refractivity contribution is -0.128. The van der Waals surface area contributed by atoms with Crippen LogP contribution in [-0.2, 0) is 9.53 Å². The molecule has 0 aliphatic rings. The van der Waals surface area contributed by atoms with Crippen molar-refractivity contribution in [2.75, 3.05) is 6.61 Å². The molecule has 0 aromatic rings. The number of carbonyl (C=O) groups excluding carboxylic acids is 1. The van der Waals surface area contributed by atoms with Gasteiger partial charge in [-0.3, -0.25) is 4.79 Å². The lowest BCUT2D eigenvalue weighted by atomic mass is 10.2. The molecule has 0 rings (SSSR count). The maximum atomic E-state index is 10.9. The van der Waals surface area contributed by atoms with E-state index in [1.165, 1.54) is 0 Å². The Bertz CT molecular complexity index is 144. The molecule has 0 aromatic heterocycles. The summed E-state index contributed by atoms with van der Waals surface area (Å²) in [4.78, 5) is 10.9. The summed E-state index contributed by atoms with van der Waals surface area (Å²) in [5.74, 6) is 2.25. The van der Waals surface area contributed by atoms with Gasteiger partial charge < -0.3 is 4.74 Å². The van der Waals surface area contributed by atoms with E-state index in [9.17, 15) is 4.79 Å². The summed E-state index contributed by atoms with van der Waals surface area (Å²) in [5, 5.41) is 0. The van der Waals surface area contributed by atoms with Gasteiger partial charge in [-0.05, 0) is 13.8 Å². The van der Waals surface area contributed by atoms with Crippen LogP contribution < -0.4 is 0 Å². The van der Waals surface area contributed by atoms with Crippen LogP contribution in [0.1, 0.15) is 20.3 Å². The smallest absolute Gasteiger partial charge is 0.173 e. The van der Waals surface area contributed by atoms with E-state index in [1.807, 2.05) is 6.92 Å². The largest absolute Gasteiger partial charge is 0.371 e. The number of hydrogen-bond donors (Lipinski definition) is 0. The second-order valence-corrected chi connectivity index (χ2v) is 1.94. The molecule has 0 saturated heterocycles. The molecule has 1 unspecified atom stereocenters. The van der Waals surface area contributed by atoms with E-state index in [4.69, 9.17) is 11.2 Å². The minimum Gasteiger partial charge on any atom is -0.371 e. The van der Waals surface area contributed by atoms with E-state index in [-0.39, 0.29) is 18.3 Å². The molecule has 0 spiro atoms. The van der Waals surface area contributed by atoms with Gasteiger partial charge in [-0.1, -0.05) is 5.92 Å². The number of ether oxygens (including phenoxy) is 1. The summed E-state index contributed by atoms with van der Waals surface area (Å²) < 4.78 is 5.01. The average Bonchev–Trinajstić information content (AvgIpc) is 1.89. The summed E-state index contributed by atoms with van der Waals surface area (Å²) in [5.41, 5.74) is 0. The summed E-state index contributed by atoms with van der Waals surface area (Å²) >= 11 is 0. The lowest BCUT2D eigenvalue weighted by Gasteiger charge is -2.06. The molecule has 0 aliphatic carbocycles. The van der Waals surface area contributed by atoms with Gasteiger partial charge in [0.1, 0.15) is 6.10 Å². The normalized spacial score (nSPS) is 12.1. The van der Waals surface area contributed by atoms with Gasteiger partial charge in [0.2, 0.25) is 0 Å². The van der Waals surface area contributed by atoms with Gasteiger partial charge in [0.25, 0.3) is 0 Å². The number of ketones is 1. The fourth-order valence-electron chi connectivity index (χ4n) is 0.587. The summed E-state index contributed by atoms with van der Waals surface area (Å²) in [7, 11) is 0. The van der Waals surface area contributed by atoms with E-state index in [0.29, 0.717) is 6.61 Å². The minimum absolute atomic E-state index is 0.0237. The zero-order valence-corrected chi connectivity index (χ0v) is 6.39. The van der Waals surface area contributed by atoms with Crippen molar-refractivity contribution in [2.24, 2.45) is 0 Å². The number of carbonyl (C=O) groups is 1. The van der Waals surface area contributed by atoms with Crippen LogP contribution in [0.5, 0.6) is 0 Å². The molecule has 0 N–H and O–H groups in total. The number of rotatable bonds is 4. The zero-order chi connectivity index (χ0) is 7.98. The van der Waals surface area contributed by atoms with Crippen LogP contribution in [0.15, 0.2) is 0 Å². The third-order valence-corrected chi connectivity index (χ3v) is 1.15. The molecular weight excluding hydrogens is 128 g/mol. The predicted molar refractivity (Wildman–Crippen MR) is 39.5 cm³/mol. The molecule has 0 aromatic carbocycles. The fraction of sp³-hybridized carbons (Fsp3) is 0.625. The lowest BCUT2D eigenvalue weighted by Crippen LogP contribution is -2.19. The molecule has 56 valence electrons. The number of terminal acetylenes is 1. The Kier molecular flexibility index (Phi) is 4.61. The SMILES string of the molecule is C#CCC(=O)C(C)OCC. The predicted octanol–water partition coefficient (Wildman–Crippen LogP) is 1.00. The molecule has 0 saturated carbocycles. The van der Waals surface area contributed by atoms with Crippen LogP contribution in [0, 0.1) is 12.3 Å². The molecule has 0 bridgehead atoms. The highest BCUT2D eigenvalue weighted by atomic mass is 16.5. The molecule has 0 aliphatic heterocycles. The zero-order valence-electron chi connectivity index (χ0n) is 6.39. The molecule has 2 heteroatoms. The van der Waals surface area contributed by atoms with Crippen LogP contribution in [0.4, 0.5) is 0 Å². The molecular formula is C8H12O2. The molecule has 1 atom stereocenters. The van der Waals surface area contributed by atoms with Crippen molar-refractivity contribution in [3.63, 3.8) is 0 Å². The number of Topliss-reactive ketones (excluding diaryl/α,β-unsaturated/α-hetero) is 1. The monoisotopic (exact) mass is 140 g/mol. The van der Waals surface area contributed by atoms with Gasteiger partial charge in [-0.25, -0.2) is 0 Å². The Morgan fingerprint density at radius 1 is 1.80 bits per heavy atom. The van der Waals surface area contributed by atoms with Crippen molar-refractivity contribution >= 4 is 5.78 Å². The maximum Gasteiger partial charge on any atom is 0.173 e. The Morgan fingerprint density at radius 2 is 2.40 bits per heavy atom. The second-order valence-electron chi connectivity index (χ2n) is 1.94. The molecule has 10 heavy (non-hydrogen) atoms. The van der Waals surface area contributed by atoms with Gasteiger partial charge >= 0.3 is 0 Å². The Hall–Kier alpha value is -0.810. The third-order valence-electron chi connectivity index (χ3n) is 1.15. The summed E-state index contributed by atoms with van der Waals surface area (Å²) in [6.07, 6.45) is 4.76. The first kappa shape index (κ1) is 9.19. The van der Waals surface area contributed by atoms with E-state index < -0.39 is 0 Å². The Balaban J connectivity index is 3.62. The fourth-order valence-corrected chi connectivity index (χ4v) is 0.587. The van der Waals surface area contributed by atoms with Crippen LogP contribution in [0.25, 0.3) is 0 Å². The van der Waals surface area contributed by atoms with Crippen molar-refractivity contribution < 1.29 is 9.53 Å². The Labute approximate surface area is 61.6 Å². The van der Waals surface area contributed by atoms with Crippen LogP contribution in [0.3, 0.4) is 0 Å². The first-order valence-corrected chi connectivity index (χ1v) is 3.30. The van der Waals surface area contributed by atoms with E-state index in [1.54, 1.807) is 6.92 Å². The van der Waals surface area contributed by atoms with Gasteiger partial charge in [0.15, 0.2) is 5.78 Å². The van der Waals surface area contributed by atoms with Crippen LogP contribution in [-0.4, -0.2) is 18.5 Å². The Morgan fingerprint density at radius 3 is 2.80 bits per heavy atom. The van der Waals surface area contributed by atoms with Gasteiger partial charge in [0.05, 0.1) is 6.42 Å². The maximum absolute atomic E-state index is 10.9. The molecule has 0 radical (unpaired) electrons. The number of hydrogen-bond acceptors (Lipinski definition) is 2. The summed E-state index contributed by atoms with van der Waals surface area (Å²) in [6.45, 7) is 4.11. The van der Waals surface area contributed by atoms with E-state index in [2.05, 4.69) is 5.92 Å². The van der Waals surface area contributed by atoms with Crippen molar-refractivity contribution in [3.05, 3.63) is 0 Å². The topological polar surface area (TPSA) is 26.3 Å². The van der Waals surface area contributed by atoms with Crippen molar-refractivity contribution in [1.82, 2.24) is 0 Å². The highest BCUT2D eigenvalue weighted by Gasteiger charge is 2.09. The van der Waals surface area contributed by atoms with Crippen molar-refractivity contribution in [3.8, 4) is 12.3 Å². The van der Waals surface area contributed by atoms with Crippen molar-refractivity contribution in [2.45, 2.75) is 26.4 Å². The summed E-state index contributed by atoms with van der Waals surface area (Å²) in [6, 6.07) is 0. The first-order chi connectivity index (χ1) is 4.72. The third kappa shape index (κ3) is 3.26. The highest BCUT2D eigenvalue weighted by molar-refractivity contribution is 5.84. The second kappa shape index (κ2) is 5.01. The first-order valence-electron chi connectivity index (χ1n) is 3.30. The van der Waals surface area contributed by atoms with Crippen LogP contribution in [0.2, 0.25) is 0 Å². The molecule has 0 amide bonds. The standard InChI is InChI=1S/C8H12O2/c1-4-6-8(9)7(3)10-5-2/h1,7H,5-6H2,2-3H3. The minimum atomic E-state index is -0.346. The molecule has 0 heterocycles.